The third-order valence-electron chi connectivity index (χ3n) is 4.34. The Labute approximate surface area is 162 Å². The van der Waals surface area contributed by atoms with Gasteiger partial charge in [0.1, 0.15) is 0 Å². The van der Waals surface area contributed by atoms with E-state index in [1.54, 1.807) is 22.2 Å². The summed E-state index contributed by atoms with van der Waals surface area (Å²) < 4.78 is 2.84. The van der Waals surface area contributed by atoms with Gasteiger partial charge in [0.2, 0.25) is 5.95 Å². The normalized spacial score (nSPS) is 11.4. The van der Waals surface area contributed by atoms with Crippen molar-refractivity contribution in [1.82, 2.24) is 24.6 Å². The quantitative estimate of drug-likeness (QED) is 0.564. The van der Waals surface area contributed by atoms with Gasteiger partial charge in [0.15, 0.2) is 0 Å². The van der Waals surface area contributed by atoms with Crippen molar-refractivity contribution >= 4 is 33.2 Å². The summed E-state index contributed by atoms with van der Waals surface area (Å²) in [7, 11) is 6.07. The van der Waals surface area contributed by atoms with Crippen LogP contribution >= 0.6 is 11.3 Å². The molecule has 3 heterocycles. The van der Waals surface area contributed by atoms with Gasteiger partial charge in [-0.15, -0.1) is 11.3 Å². The molecule has 4 rings (SSSR count). The molecule has 0 unspecified atom stereocenters. The molecule has 0 fully saturated rings. The lowest BCUT2D eigenvalue weighted by atomic mass is 9.99. The molecule has 0 bridgehead atoms. The Morgan fingerprint density at radius 3 is 2.74 bits per heavy atom. The van der Waals surface area contributed by atoms with E-state index in [2.05, 4.69) is 65.6 Å². The number of fused-ring (bicyclic) bond motifs is 1. The highest BCUT2D eigenvalue weighted by Gasteiger charge is 2.17. The highest BCUT2D eigenvalue weighted by molar-refractivity contribution is 7.19. The monoisotopic (exact) mass is 378 g/mol. The first-order chi connectivity index (χ1) is 13.0. The van der Waals surface area contributed by atoms with Crippen LogP contribution in [-0.4, -0.2) is 38.7 Å². The smallest absolute Gasteiger partial charge is 0.227 e. The second-order valence-electron chi connectivity index (χ2n) is 6.86. The van der Waals surface area contributed by atoms with Gasteiger partial charge in [-0.1, -0.05) is 24.3 Å². The van der Waals surface area contributed by atoms with Gasteiger partial charge < -0.3 is 10.2 Å². The average molecular weight is 379 g/mol. The molecule has 0 spiro atoms. The van der Waals surface area contributed by atoms with E-state index in [-0.39, 0.29) is 0 Å². The van der Waals surface area contributed by atoms with Crippen LogP contribution in [0.5, 0.6) is 0 Å². The zero-order chi connectivity index (χ0) is 19.0. The van der Waals surface area contributed by atoms with Crippen molar-refractivity contribution in [3.8, 4) is 11.1 Å². The number of aryl methyl sites for hydroxylation is 2. The molecule has 4 aromatic rings. The predicted octanol–water partition coefficient (Wildman–Crippen LogP) is 4.21. The Bertz CT molecular complexity index is 1100. The van der Waals surface area contributed by atoms with Gasteiger partial charge in [0.05, 0.1) is 28.3 Å². The standard InChI is InChI=1S/C20H22N6S/c1-13-18(16-8-6-5-7-14(16)11-25(2)3)19-17(27-13)10-21-20(24-19)23-15-9-22-26(4)12-15/h5-10,12H,11H2,1-4H3,(H,21,23,24). The summed E-state index contributed by atoms with van der Waals surface area (Å²) in [6.45, 7) is 3.04. The van der Waals surface area contributed by atoms with Crippen LogP contribution in [0.15, 0.2) is 42.9 Å². The minimum absolute atomic E-state index is 0.583. The number of anilines is 2. The van der Waals surface area contributed by atoms with Gasteiger partial charge in [-0.25, -0.2) is 9.97 Å². The molecule has 138 valence electrons. The maximum atomic E-state index is 4.83. The molecular weight excluding hydrogens is 356 g/mol. The van der Waals surface area contributed by atoms with E-state index in [9.17, 15) is 0 Å². The molecule has 3 aromatic heterocycles. The zero-order valence-electron chi connectivity index (χ0n) is 15.9. The topological polar surface area (TPSA) is 58.9 Å². The van der Waals surface area contributed by atoms with Crippen LogP contribution in [0.1, 0.15) is 10.4 Å². The van der Waals surface area contributed by atoms with Crippen LogP contribution in [0.3, 0.4) is 0 Å². The fraction of sp³-hybridized carbons (Fsp3) is 0.250. The molecule has 0 amide bonds. The van der Waals surface area contributed by atoms with Crippen molar-refractivity contribution in [2.24, 2.45) is 7.05 Å². The van der Waals surface area contributed by atoms with Crippen molar-refractivity contribution in [2.45, 2.75) is 13.5 Å². The third kappa shape index (κ3) is 3.56. The predicted molar refractivity (Wildman–Crippen MR) is 111 cm³/mol. The van der Waals surface area contributed by atoms with E-state index < -0.39 is 0 Å². The van der Waals surface area contributed by atoms with Gasteiger partial charge in [-0.2, -0.15) is 5.10 Å². The molecule has 0 aliphatic rings. The number of thiophene rings is 1. The van der Waals surface area contributed by atoms with Crippen LogP contribution in [-0.2, 0) is 13.6 Å². The lowest BCUT2D eigenvalue weighted by molar-refractivity contribution is 0.403. The van der Waals surface area contributed by atoms with Crippen molar-refractivity contribution in [2.75, 3.05) is 19.4 Å². The average Bonchev–Trinajstić information content (AvgIpc) is 3.17. The molecule has 0 saturated carbocycles. The van der Waals surface area contributed by atoms with Crippen LogP contribution in [0, 0.1) is 6.92 Å². The first kappa shape index (κ1) is 17.6. The fourth-order valence-corrected chi connectivity index (χ4v) is 4.23. The molecule has 0 atom stereocenters. The van der Waals surface area contributed by atoms with E-state index in [0.29, 0.717) is 5.95 Å². The Morgan fingerprint density at radius 1 is 1.19 bits per heavy atom. The molecule has 6 nitrogen and oxygen atoms in total. The van der Waals surface area contributed by atoms with E-state index in [1.807, 2.05) is 19.4 Å². The third-order valence-corrected chi connectivity index (χ3v) is 5.37. The summed E-state index contributed by atoms with van der Waals surface area (Å²) in [4.78, 5) is 12.7. The second kappa shape index (κ2) is 7.09. The van der Waals surface area contributed by atoms with E-state index in [0.717, 1.165) is 22.4 Å². The van der Waals surface area contributed by atoms with Crippen molar-refractivity contribution < 1.29 is 0 Å². The lowest BCUT2D eigenvalue weighted by Crippen LogP contribution is -2.11. The van der Waals surface area contributed by atoms with Gasteiger partial charge in [-0.3, -0.25) is 4.68 Å². The first-order valence-corrected chi connectivity index (χ1v) is 9.57. The molecule has 1 N–H and O–H groups in total. The summed E-state index contributed by atoms with van der Waals surface area (Å²) in [5.74, 6) is 0.583. The van der Waals surface area contributed by atoms with Crippen LogP contribution < -0.4 is 5.32 Å². The van der Waals surface area contributed by atoms with Crippen molar-refractivity contribution in [3.63, 3.8) is 0 Å². The Balaban J connectivity index is 1.81. The van der Waals surface area contributed by atoms with Gasteiger partial charge in [-0.05, 0) is 32.1 Å². The summed E-state index contributed by atoms with van der Waals surface area (Å²) in [6, 6.07) is 8.56. The SMILES string of the molecule is Cc1sc2cnc(Nc3cnn(C)c3)nc2c1-c1ccccc1CN(C)C. The molecule has 7 heteroatoms. The maximum Gasteiger partial charge on any atom is 0.227 e. The largest absolute Gasteiger partial charge is 0.321 e. The molecule has 0 aliphatic carbocycles. The maximum absolute atomic E-state index is 4.83. The number of benzene rings is 1. The van der Waals surface area contributed by atoms with E-state index >= 15 is 0 Å². The summed E-state index contributed by atoms with van der Waals surface area (Å²) in [5.41, 5.74) is 5.60. The Morgan fingerprint density at radius 2 is 2.00 bits per heavy atom. The number of rotatable bonds is 5. The molecule has 0 aliphatic heterocycles. The minimum Gasteiger partial charge on any atom is -0.321 e. The van der Waals surface area contributed by atoms with Gasteiger partial charge in [0.25, 0.3) is 0 Å². The van der Waals surface area contributed by atoms with Gasteiger partial charge in [0, 0.05) is 30.2 Å². The zero-order valence-corrected chi connectivity index (χ0v) is 16.7. The van der Waals surface area contributed by atoms with Crippen LogP contribution in [0.4, 0.5) is 11.6 Å². The number of aromatic nitrogens is 4. The molecule has 0 saturated heterocycles. The summed E-state index contributed by atoms with van der Waals surface area (Å²) >= 11 is 1.74. The molecule has 1 aromatic carbocycles. The van der Waals surface area contributed by atoms with Crippen LogP contribution in [0.2, 0.25) is 0 Å². The minimum atomic E-state index is 0.583. The Hall–Kier alpha value is -2.77. The number of hydrogen-bond acceptors (Lipinski definition) is 6. The van der Waals surface area contributed by atoms with Crippen molar-refractivity contribution in [1.29, 1.82) is 0 Å². The van der Waals surface area contributed by atoms with E-state index in [1.165, 1.54) is 21.6 Å². The molecule has 27 heavy (non-hydrogen) atoms. The highest BCUT2D eigenvalue weighted by Crippen LogP contribution is 2.39. The van der Waals surface area contributed by atoms with Crippen molar-refractivity contribution in [3.05, 3.63) is 53.3 Å². The summed E-state index contributed by atoms with van der Waals surface area (Å²) in [5, 5.41) is 7.42. The highest BCUT2D eigenvalue weighted by atomic mass is 32.1. The number of nitrogens with one attached hydrogen (secondary N) is 1. The fourth-order valence-electron chi connectivity index (χ4n) is 3.24. The first-order valence-electron chi connectivity index (χ1n) is 8.76. The molecule has 0 radical (unpaired) electrons. The second-order valence-corrected chi connectivity index (χ2v) is 8.12. The lowest BCUT2D eigenvalue weighted by Gasteiger charge is -2.14. The van der Waals surface area contributed by atoms with Crippen LogP contribution in [0.25, 0.3) is 21.3 Å². The van der Waals surface area contributed by atoms with Gasteiger partial charge >= 0.3 is 0 Å². The van der Waals surface area contributed by atoms with E-state index in [4.69, 9.17) is 4.98 Å². The number of nitrogens with zero attached hydrogens (tertiary/aromatic N) is 5. The number of hydrogen-bond donors (Lipinski definition) is 1. The summed E-state index contributed by atoms with van der Waals surface area (Å²) in [6.07, 6.45) is 5.57. The Kier molecular flexibility index (Phi) is 4.63. The molecular formula is C20H22N6S.